The van der Waals surface area contributed by atoms with Gasteiger partial charge in [-0.3, -0.25) is 19.2 Å². The van der Waals surface area contributed by atoms with Crippen molar-refractivity contribution in [3.63, 3.8) is 0 Å². The number of halogens is 3. The summed E-state index contributed by atoms with van der Waals surface area (Å²) >= 11 is 12.7. The average molecular weight is 952 g/mol. The second-order valence-corrected chi connectivity index (χ2v) is 19.6. The maximum Gasteiger partial charge on any atom is 0.226 e. The van der Waals surface area contributed by atoms with Crippen molar-refractivity contribution in [3.8, 4) is 22.8 Å². The summed E-state index contributed by atoms with van der Waals surface area (Å²) in [6.45, 7) is 1.71. The maximum atomic E-state index is 16.4. The molecule has 0 spiro atoms. The molecule has 1 aromatic heterocycles. The minimum Gasteiger partial charge on any atom is -0.457 e. The summed E-state index contributed by atoms with van der Waals surface area (Å²) in [5, 5.41) is 14.5. The van der Waals surface area contributed by atoms with Crippen LogP contribution in [-0.4, -0.2) is 98.2 Å². The number of nitrogens with one attached hydrogen (secondary N) is 1. The van der Waals surface area contributed by atoms with E-state index >= 15 is 14.0 Å². The molecule has 0 unspecified atom stereocenters. The zero-order chi connectivity index (χ0) is 47.6. The van der Waals surface area contributed by atoms with E-state index in [0.717, 1.165) is 46.3 Å². The number of imidazole rings is 1. The average Bonchev–Trinajstić information content (AvgIpc) is 3.89. The number of hydrogen-bond donors (Lipinski definition) is 2. The van der Waals surface area contributed by atoms with Crippen LogP contribution in [0, 0.1) is 17.7 Å². The number of aliphatic hydroxyl groups is 1. The van der Waals surface area contributed by atoms with Crippen LogP contribution in [0.25, 0.3) is 11.3 Å². The van der Waals surface area contributed by atoms with Gasteiger partial charge in [0.15, 0.2) is 5.78 Å². The highest BCUT2D eigenvalue weighted by Crippen LogP contribution is 2.42. The van der Waals surface area contributed by atoms with Crippen molar-refractivity contribution in [2.75, 3.05) is 33.8 Å². The molecule has 15 heteroatoms. The number of piperidine rings is 1. The first kappa shape index (κ1) is 47.9. The van der Waals surface area contributed by atoms with Gasteiger partial charge in [0.2, 0.25) is 17.7 Å². The Morgan fingerprint density at radius 2 is 1.70 bits per heavy atom. The lowest BCUT2D eigenvalue weighted by molar-refractivity contribution is -0.148. The molecule has 1 aliphatic carbocycles. The molecule has 3 aliphatic rings. The molecular weight excluding hydrogens is 895 g/mol. The second-order valence-electron chi connectivity index (χ2n) is 18.7. The minimum absolute atomic E-state index is 0.0314. The monoisotopic (exact) mass is 950 g/mol. The van der Waals surface area contributed by atoms with Crippen molar-refractivity contribution in [1.82, 2.24) is 29.6 Å². The Morgan fingerprint density at radius 3 is 2.43 bits per heavy atom. The number of ether oxygens (including phenoxy) is 1. The molecule has 8 rings (SSSR count). The fourth-order valence-corrected chi connectivity index (χ4v) is 10.5. The number of ketones is 1. The maximum absolute atomic E-state index is 16.4. The zero-order valence-corrected chi connectivity index (χ0v) is 39.8. The summed E-state index contributed by atoms with van der Waals surface area (Å²) in [7, 11) is 5.90. The van der Waals surface area contributed by atoms with E-state index in [4.69, 9.17) is 27.9 Å². The van der Waals surface area contributed by atoms with Crippen molar-refractivity contribution in [2.24, 2.45) is 18.9 Å². The van der Waals surface area contributed by atoms with E-state index in [0.29, 0.717) is 49.5 Å². The molecular formula is C52H57Cl2FN6O6. The van der Waals surface area contributed by atoms with Crippen molar-refractivity contribution in [2.45, 2.75) is 82.5 Å². The van der Waals surface area contributed by atoms with E-state index < -0.39 is 66.4 Å². The van der Waals surface area contributed by atoms with Gasteiger partial charge >= 0.3 is 0 Å². The Bertz CT molecular complexity index is 2640. The van der Waals surface area contributed by atoms with Crippen LogP contribution in [0.1, 0.15) is 73.0 Å². The molecule has 2 aliphatic heterocycles. The summed E-state index contributed by atoms with van der Waals surface area (Å²) in [4.78, 5) is 68.8. The molecule has 5 atom stereocenters. The Labute approximate surface area is 401 Å². The first-order chi connectivity index (χ1) is 32.1. The largest absolute Gasteiger partial charge is 0.457 e. The molecule has 2 N–H and O–H groups in total. The molecule has 352 valence electrons. The van der Waals surface area contributed by atoms with E-state index in [1.165, 1.54) is 17.9 Å². The van der Waals surface area contributed by atoms with Gasteiger partial charge in [0, 0.05) is 54.2 Å². The summed E-state index contributed by atoms with van der Waals surface area (Å²) in [6.07, 6.45) is 4.00. The molecule has 0 radical (unpaired) electrons. The van der Waals surface area contributed by atoms with Crippen molar-refractivity contribution in [3.05, 3.63) is 135 Å². The summed E-state index contributed by atoms with van der Waals surface area (Å²) in [6, 6.07) is 23.9. The molecule has 2 bridgehead atoms. The van der Waals surface area contributed by atoms with Gasteiger partial charge in [-0.25, -0.2) is 9.37 Å². The lowest BCUT2D eigenvalue weighted by Crippen LogP contribution is -2.63. The third kappa shape index (κ3) is 10.6. The van der Waals surface area contributed by atoms with Crippen molar-refractivity contribution in [1.29, 1.82) is 0 Å². The number of rotatable bonds is 11. The molecule has 4 aromatic carbocycles. The third-order valence-corrected chi connectivity index (χ3v) is 14.2. The lowest BCUT2D eigenvalue weighted by Gasteiger charge is -2.46. The Kier molecular flexibility index (Phi) is 14.5. The number of aromatic nitrogens is 2. The van der Waals surface area contributed by atoms with E-state index in [9.17, 15) is 14.7 Å². The Morgan fingerprint density at radius 1 is 0.955 bits per heavy atom. The van der Waals surface area contributed by atoms with Crippen LogP contribution in [-0.2, 0) is 52.2 Å². The summed E-state index contributed by atoms with van der Waals surface area (Å²) in [5.74, 6) is -3.58. The van der Waals surface area contributed by atoms with Gasteiger partial charge in [-0.2, -0.15) is 0 Å². The number of fused-ring (bicyclic) bond motifs is 3. The highest BCUT2D eigenvalue weighted by Gasteiger charge is 2.45. The molecule has 5 aromatic rings. The third-order valence-electron chi connectivity index (χ3n) is 13.8. The zero-order valence-electron chi connectivity index (χ0n) is 38.3. The fraction of sp³-hybridized carbons (Fsp3) is 0.404. The molecule has 67 heavy (non-hydrogen) atoms. The van der Waals surface area contributed by atoms with Gasteiger partial charge in [-0.15, -0.1) is 0 Å². The number of aliphatic hydroxyl groups excluding tert-OH is 1. The number of Topliss-reactive ketones (excluding diaryl/α,β-unsaturated/α-hetero) is 1. The van der Waals surface area contributed by atoms with Crippen molar-refractivity contribution >= 4 is 46.7 Å². The molecule has 3 amide bonds. The highest BCUT2D eigenvalue weighted by atomic mass is 35.5. The minimum atomic E-state index is -1.20. The number of benzene rings is 4. The van der Waals surface area contributed by atoms with Gasteiger partial charge in [-0.05, 0) is 124 Å². The van der Waals surface area contributed by atoms with Gasteiger partial charge in [-0.1, -0.05) is 59.6 Å². The first-order valence-electron chi connectivity index (χ1n) is 22.9. The number of hydrogen-bond acceptors (Lipinski definition) is 8. The topological polar surface area (TPSA) is 137 Å². The normalized spacial score (nSPS) is 22.8. The standard InChI is InChI=1S/C52H57Cl2FN6O6/c1-32-46(63)22-36(30-62)50(65)57-52(26-33-10-15-37(53)16-11-33)20-7-21-60(31-52)51(66)42(41-19-14-34-8-5-6-9-40(34)41)25-49(64)61(32)28-43-44(55)23-38(54)24-47(43)67-39-17-12-35(13-18-39)45-27-56-48(59(45)4)29-58(2)3/h5-6,8-13,15-18,23-24,27,32,36,41-42,62H,7,14,19-22,25-26,28-31H2,1-4H3,(H,57,65)/t32-,36-,41+,42-,52+/m0/s1. The van der Waals surface area contributed by atoms with Gasteiger partial charge in [0.25, 0.3) is 0 Å². The second kappa shape index (κ2) is 20.3. The Balaban J connectivity index is 1.15. The van der Waals surface area contributed by atoms with Crippen LogP contribution >= 0.6 is 23.2 Å². The molecule has 3 heterocycles. The van der Waals surface area contributed by atoms with E-state index in [2.05, 4.69) is 10.3 Å². The molecule has 12 nitrogen and oxygen atoms in total. The van der Waals surface area contributed by atoms with Gasteiger partial charge in [0.1, 0.15) is 23.1 Å². The van der Waals surface area contributed by atoms with Crippen LogP contribution < -0.4 is 10.1 Å². The molecule has 2 saturated heterocycles. The van der Waals surface area contributed by atoms with Crippen molar-refractivity contribution < 1.29 is 33.4 Å². The van der Waals surface area contributed by atoms with Gasteiger partial charge in [0.05, 0.1) is 55.0 Å². The number of amides is 3. The number of carbonyl (C=O) groups excluding carboxylic acids is 4. The summed E-state index contributed by atoms with van der Waals surface area (Å²) in [5.41, 5.74) is 3.82. The van der Waals surface area contributed by atoms with Gasteiger partial charge < -0.3 is 34.4 Å². The summed E-state index contributed by atoms with van der Waals surface area (Å²) < 4.78 is 24.8. The number of nitrogens with zero attached hydrogens (tertiary/aromatic N) is 5. The Hall–Kier alpha value is -5.60. The molecule has 0 saturated carbocycles. The first-order valence-corrected chi connectivity index (χ1v) is 23.6. The number of carbonyl (C=O) groups is 4. The number of aryl methyl sites for hydroxylation is 1. The predicted molar refractivity (Wildman–Crippen MR) is 255 cm³/mol. The SMILES string of the molecule is C[C@H]1C(=O)C[C@@H](CO)C(=O)N[C@@]2(Cc3ccc(Cl)cc3)CCCN(C2)C(=O)[C@H]([C@@H]2CCc3ccccc32)CC(=O)N1Cc1c(F)cc(Cl)cc1Oc1ccc(-c2cnc(CN(C)C)n2C)cc1. The van der Waals surface area contributed by atoms with E-state index in [-0.39, 0.29) is 41.1 Å². The predicted octanol–water partition coefficient (Wildman–Crippen LogP) is 8.14. The van der Waals surface area contributed by atoms with Crippen LogP contribution in [0.2, 0.25) is 10.0 Å². The van der Waals surface area contributed by atoms with Crippen LogP contribution in [0.4, 0.5) is 4.39 Å². The highest BCUT2D eigenvalue weighted by molar-refractivity contribution is 6.31. The van der Waals surface area contributed by atoms with Crippen LogP contribution in [0.3, 0.4) is 0 Å². The lowest BCUT2D eigenvalue weighted by atomic mass is 9.79. The van der Waals surface area contributed by atoms with E-state index in [1.54, 1.807) is 35.4 Å². The van der Waals surface area contributed by atoms with Crippen LogP contribution in [0.5, 0.6) is 11.5 Å². The quantitative estimate of drug-likeness (QED) is 0.136. The fourth-order valence-electron chi connectivity index (χ4n) is 10.1. The smallest absolute Gasteiger partial charge is 0.226 e. The van der Waals surface area contributed by atoms with E-state index in [1.807, 2.05) is 79.1 Å². The van der Waals surface area contributed by atoms with Crippen LogP contribution in [0.15, 0.2) is 91.1 Å². The molecule has 2 fully saturated rings.